The highest BCUT2D eigenvalue weighted by molar-refractivity contribution is 5.39. The molecule has 1 aliphatic heterocycles. The first kappa shape index (κ1) is 14.9. The van der Waals surface area contributed by atoms with Crippen molar-refractivity contribution in [3.63, 3.8) is 0 Å². The smallest absolute Gasteiger partial charge is 0.124 e. The molecule has 3 nitrogen and oxygen atoms in total. The van der Waals surface area contributed by atoms with Crippen LogP contribution < -0.4 is 10.1 Å². The number of fused-ring (bicyclic) bond motifs is 1. The average molecular weight is 288 g/mol. The summed E-state index contributed by atoms with van der Waals surface area (Å²) in [6.07, 6.45) is 7.54. The largest absolute Gasteiger partial charge is 0.487 e. The third-order valence-corrected chi connectivity index (χ3v) is 4.91. The standard InChI is InChI=1S/C18H28N2O/c1-20(2)13-12-19-16-14-18(10-6-3-7-11-18)21-17-9-5-4-8-15(16)17/h4-5,8-9,16,19H,3,6-7,10-14H2,1-2H3. The molecule has 1 spiro atoms. The van der Waals surface area contributed by atoms with E-state index in [1.165, 1.54) is 37.7 Å². The number of ether oxygens (including phenoxy) is 1. The molecular weight excluding hydrogens is 260 g/mol. The summed E-state index contributed by atoms with van der Waals surface area (Å²) < 4.78 is 6.47. The van der Waals surface area contributed by atoms with Crippen molar-refractivity contribution < 1.29 is 4.74 Å². The molecule has 1 N–H and O–H groups in total. The number of hydrogen-bond donors (Lipinski definition) is 1. The normalized spacial score (nSPS) is 23.9. The van der Waals surface area contributed by atoms with Crippen LogP contribution in [0.4, 0.5) is 0 Å². The third-order valence-electron chi connectivity index (χ3n) is 4.91. The Morgan fingerprint density at radius 2 is 1.95 bits per heavy atom. The van der Waals surface area contributed by atoms with E-state index in [1.54, 1.807) is 0 Å². The Bertz CT molecular complexity index is 466. The molecular formula is C18H28N2O. The summed E-state index contributed by atoms with van der Waals surface area (Å²) in [7, 11) is 4.25. The van der Waals surface area contributed by atoms with Crippen molar-refractivity contribution >= 4 is 0 Å². The number of nitrogens with one attached hydrogen (secondary N) is 1. The van der Waals surface area contributed by atoms with Crippen LogP contribution in [-0.2, 0) is 0 Å². The predicted octanol–water partition coefficient (Wildman–Crippen LogP) is 3.36. The number of rotatable bonds is 4. The van der Waals surface area contributed by atoms with Gasteiger partial charge in [-0.2, -0.15) is 0 Å². The number of hydrogen-bond acceptors (Lipinski definition) is 3. The zero-order chi connectivity index (χ0) is 14.7. The Labute approximate surface area is 128 Å². The summed E-state index contributed by atoms with van der Waals surface area (Å²) >= 11 is 0. The van der Waals surface area contributed by atoms with Crippen molar-refractivity contribution in [1.29, 1.82) is 0 Å². The molecule has 0 aromatic heterocycles. The Morgan fingerprint density at radius 3 is 2.71 bits per heavy atom. The molecule has 1 aromatic rings. The van der Waals surface area contributed by atoms with Gasteiger partial charge >= 0.3 is 0 Å². The molecule has 116 valence electrons. The SMILES string of the molecule is CN(C)CCNC1CC2(CCCCC2)Oc2ccccc21. The molecule has 1 aliphatic carbocycles. The van der Waals surface area contributed by atoms with Gasteiger partial charge in [-0.1, -0.05) is 24.6 Å². The van der Waals surface area contributed by atoms with Gasteiger partial charge in [-0.05, 0) is 45.8 Å². The number of likely N-dealkylation sites (N-methyl/N-ethyl adjacent to an activating group) is 1. The molecule has 0 saturated heterocycles. The van der Waals surface area contributed by atoms with Crippen molar-refractivity contribution in [3.05, 3.63) is 29.8 Å². The van der Waals surface area contributed by atoms with Crippen LogP contribution in [-0.4, -0.2) is 37.7 Å². The zero-order valence-electron chi connectivity index (χ0n) is 13.4. The van der Waals surface area contributed by atoms with Crippen LogP contribution >= 0.6 is 0 Å². The summed E-state index contributed by atoms with van der Waals surface area (Å²) in [5, 5.41) is 3.76. The van der Waals surface area contributed by atoms with E-state index in [-0.39, 0.29) is 5.60 Å². The Morgan fingerprint density at radius 1 is 1.19 bits per heavy atom. The van der Waals surface area contributed by atoms with Gasteiger partial charge in [0.2, 0.25) is 0 Å². The van der Waals surface area contributed by atoms with Gasteiger partial charge < -0.3 is 15.0 Å². The lowest BCUT2D eigenvalue weighted by Crippen LogP contribution is -2.46. The van der Waals surface area contributed by atoms with E-state index in [1.807, 2.05) is 0 Å². The molecule has 2 aliphatic rings. The second-order valence-electron chi connectivity index (χ2n) is 6.90. The van der Waals surface area contributed by atoms with E-state index in [2.05, 4.69) is 48.6 Å². The molecule has 1 unspecified atom stereocenters. The molecule has 1 heterocycles. The Balaban J connectivity index is 1.77. The molecule has 3 rings (SSSR count). The molecule has 1 saturated carbocycles. The van der Waals surface area contributed by atoms with Crippen LogP contribution in [0.1, 0.15) is 50.1 Å². The molecule has 1 aromatic carbocycles. The minimum Gasteiger partial charge on any atom is -0.487 e. The topological polar surface area (TPSA) is 24.5 Å². The fourth-order valence-corrected chi connectivity index (χ4v) is 3.77. The lowest BCUT2D eigenvalue weighted by atomic mass is 9.77. The lowest BCUT2D eigenvalue weighted by Gasteiger charge is -2.45. The Hall–Kier alpha value is -1.06. The van der Waals surface area contributed by atoms with Crippen LogP contribution in [0.25, 0.3) is 0 Å². The van der Waals surface area contributed by atoms with E-state index in [9.17, 15) is 0 Å². The highest BCUT2D eigenvalue weighted by Gasteiger charge is 2.41. The number of benzene rings is 1. The summed E-state index contributed by atoms with van der Waals surface area (Å²) in [5.41, 5.74) is 1.43. The van der Waals surface area contributed by atoms with Gasteiger partial charge in [-0.3, -0.25) is 0 Å². The summed E-state index contributed by atoms with van der Waals surface area (Å²) in [6.45, 7) is 2.11. The summed E-state index contributed by atoms with van der Waals surface area (Å²) in [4.78, 5) is 2.23. The molecule has 0 radical (unpaired) electrons. The van der Waals surface area contributed by atoms with Gasteiger partial charge in [0, 0.05) is 31.1 Å². The first-order chi connectivity index (χ1) is 10.2. The van der Waals surface area contributed by atoms with Crippen molar-refractivity contribution in [3.8, 4) is 5.75 Å². The highest BCUT2D eigenvalue weighted by Crippen LogP contribution is 2.45. The van der Waals surface area contributed by atoms with Crippen LogP contribution in [0.2, 0.25) is 0 Å². The van der Waals surface area contributed by atoms with Crippen molar-refractivity contribution in [2.75, 3.05) is 27.2 Å². The van der Waals surface area contributed by atoms with Crippen molar-refractivity contribution in [1.82, 2.24) is 10.2 Å². The van der Waals surface area contributed by atoms with Gasteiger partial charge in [0.25, 0.3) is 0 Å². The van der Waals surface area contributed by atoms with Crippen LogP contribution in [0, 0.1) is 0 Å². The van der Waals surface area contributed by atoms with E-state index in [0.29, 0.717) is 6.04 Å². The molecule has 0 amide bonds. The Kier molecular flexibility index (Phi) is 4.51. The fraction of sp³-hybridized carbons (Fsp3) is 0.667. The van der Waals surface area contributed by atoms with Crippen molar-refractivity contribution in [2.24, 2.45) is 0 Å². The number of para-hydroxylation sites is 1. The minimum absolute atomic E-state index is 0.0857. The third kappa shape index (κ3) is 3.41. The maximum Gasteiger partial charge on any atom is 0.124 e. The highest BCUT2D eigenvalue weighted by atomic mass is 16.5. The van der Waals surface area contributed by atoms with Crippen LogP contribution in [0.5, 0.6) is 5.75 Å². The predicted molar refractivity (Wildman–Crippen MR) is 86.8 cm³/mol. The maximum atomic E-state index is 6.47. The summed E-state index contributed by atoms with van der Waals surface area (Å²) in [5.74, 6) is 1.10. The molecule has 1 fully saturated rings. The van der Waals surface area contributed by atoms with Gasteiger partial charge in [0.1, 0.15) is 11.4 Å². The van der Waals surface area contributed by atoms with Crippen LogP contribution in [0.3, 0.4) is 0 Å². The first-order valence-electron chi connectivity index (χ1n) is 8.35. The number of nitrogens with zero attached hydrogens (tertiary/aromatic N) is 1. The maximum absolute atomic E-state index is 6.47. The molecule has 1 atom stereocenters. The fourth-order valence-electron chi connectivity index (χ4n) is 3.77. The molecule has 21 heavy (non-hydrogen) atoms. The quantitative estimate of drug-likeness (QED) is 0.919. The second-order valence-corrected chi connectivity index (χ2v) is 6.90. The van der Waals surface area contributed by atoms with E-state index < -0.39 is 0 Å². The lowest BCUT2D eigenvalue weighted by molar-refractivity contribution is -0.00275. The van der Waals surface area contributed by atoms with Crippen LogP contribution in [0.15, 0.2) is 24.3 Å². The van der Waals surface area contributed by atoms with Gasteiger partial charge in [-0.25, -0.2) is 0 Å². The molecule has 3 heteroatoms. The monoisotopic (exact) mass is 288 g/mol. The van der Waals surface area contributed by atoms with Gasteiger partial charge in [0.15, 0.2) is 0 Å². The van der Waals surface area contributed by atoms with Gasteiger partial charge in [-0.15, -0.1) is 0 Å². The first-order valence-corrected chi connectivity index (χ1v) is 8.35. The van der Waals surface area contributed by atoms with E-state index >= 15 is 0 Å². The zero-order valence-corrected chi connectivity index (χ0v) is 13.4. The second kappa shape index (κ2) is 6.37. The summed E-state index contributed by atoms with van der Waals surface area (Å²) in [6, 6.07) is 9.02. The van der Waals surface area contributed by atoms with E-state index in [4.69, 9.17) is 4.74 Å². The van der Waals surface area contributed by atoms with Crippen molar-refractivity contribution in [2.45, 2.75) is 50.2 Å². The molecule has 0 bridgehead atoms. The van der Waals surface area contributed by atoms with E-state index in [0.717, 1.165) is 25.3 Å². The minimum atomic E-state index is 0.0857. The average Bonchev–Trinajstić information content (AvgIpc) is 2.47. The van der Waals surface area contributed by atoms with Gasteiger partial charge in [0.05, 0.1) is 0 Å².